The molecule has 0 saturated heterocycles. The fraction of sp³-hybridized carbons (Fsp3) is 0.364. The molecular formula is C11H15NOS2. The summed E-state index contributed by atoms with van der Waals surface area (Å²) in [7, 11) is 0. The molecule has 1 aromatic carbocycles. The van der Waals surface area contributed by atoms with Crippen LogP contribution >= 0.6 is 25.3 Å². The molecule has 1 aromatic rings. The summed E-state index contributed by atoms with van der Waals surface area (Å²) >= 11 is 8.54. The molecule has 0 bridgehead atoms. The first-order valence-electron chi connectivity index (χ1n) is 4.92. The third-order valence-corrected chi connectivity index (χ3v) is 3.33. The highest BCUT2D eigenvalue weighted by Crippen LogP contribution is 2.23. The van der Waals surface area contributed by atoms with Crippen LogP contribution in [0.5, 0.6) is 0 Å². The molecule has 0 aromatic heterocycles. The van der Waals surface area contributed by atoms with Crippen molar-refractivity contribution in [3.63, 3.8) is 0 Å². The topological polar surface area (TPSA) is 20.3 Å². The van der Waals surface area contributed by atoms with Gasteiger partial charge in [0.15, 0.2) is 0 Å². The molecular weight excluding hydrogens is 226 g/mol. The van der Waals surface area contributed by atoms with E-state index in [0.717, 1.165) is 4.90 Å². The Morgan fingerprint density at radius 1 is 1.27 bits per heavy atom. The summed E-state index contributed by atoms with van der Waals surface area (Å²) in [6.07, 6.45) is 0. The van der Waals surface area contributed by atoms with Gasteiger partial charge >= 0.3 is 0 Å². The van der Waals surface area contributed by atoms with Crippen LogP contribution in [-0.4, -0.2) is 23.9 Å². The number of nitrogens with zero attached hydrogens (tertiary/aromatic N) is 1. The quantitative estimate of drug-likeness (QED) is 0.780. The first kappa shape index (κ1) is 12.5. The minimum atomic E-state index is 0.0147. The Kier molecular flexibility index (Phi) is 4.54. The van der Waals surface area contributed by atoms with Crippen LogP contribution in [0.1, 0.15) is 24.2 Å². The zero-order valence-corrected chi connectivity index (χ0v) is 10.7. The van der Waals surface area contributed by atoms with Crippen molar-refractivity contribution >= 4 is 31.2 Å². The van der Waals surface area contributed by atoms with Crippen LogP contribution in [0.15, 0.2) is 28.0 Å². The molecule has 0 aliphatic rings. The number of carbonyl (C=O) groups is 1. The maximum absolute atomic E-state index is 12.0. The molecule has 0 radical (unpaired) electrons. The van der Waals surface area contributed by atoms with Gasteiger partial charge in [-0.15, -0.1) is 25.3 Å². The van der Waals surface area contributed by atoms with E-state index in [1.165, 1.54) is 0 Å². The molecule has 0 aliphatic heterocycles. The number of amides is 1. The molecule has 15 heavy (non-hydrogen) atoms. The molecule has 0 unspecified atom stereocenters. The van der Waals surface area contributed by atoms with E-state index < -0.39 is 0 Å². The molecule has 0 spiro atoms. The van der Waals surface area contributed by atoms with Gasteiger partial charge in [0, 0.05) is 22.9 Å². The van der Waals surface area contributed by atoms with E-state index in [4.69, 9.17) is 0 Å². The second kappa shape index (κ2) is 5.47. The number of rotatable bonds is 3. The Bertz CT molecular complexity index is 362. The summed E-state index contributed by atoms with van der Waals surface area (Å²) in [5, 5.41) is 0. The molecule has 0 aliphatic carbocycles. The largest absolute Gasteiger partial charge is 0.339 e. The van der Waals surface area contributed by atoms with Crippen LogP contribution in [0.4, 0.5) is 0 Å². The van der Waals surface area contributed by atoms with E-state index in [2.05, 4.69) is 25.3 Å². The third kappa shape index (κ3) is 2.69. The van der Waals surface area contributed by atoms with Crippen LogP contribution in [0.3, 0.4) is 0 Å². The summed E-state index contributed by atoms with van der Waals surface area (Å²) in [6, 6.07) is 5.42. The van der Waals surface area contributed by atoms with Crippen LogP contribution in [0, 0.1) is 0 Å². The molecule has 2 nitrogen and oxygen atoms in total. The highest BCUT2D eigenvalue weighted by molar-refractivity contribution is 7.83. The van der Waals surface area contributed by atoms with Crippen molar-refractivity contribution < 1.29 is 4.79 Å². The maximum Gasteiger partial charge on any atom is 0.255 e. The average molecular weight is 241 g/mol. The number of carbonyl (C=O) groups excluding carboxylic acids is 1. The maximum atomic E-state index is 12.0. The predicted octanol–water partition coefficient (Wildman–Crippen LogP) is 2.75. The van der Waals surface area contributed by atoms with E-state index in [1.807, 2.05) is 26.0 Å². The van der Waals surface area contributed by atoms with Crippen LogP contribution in [-0.2, 0) is 0 Å². The molecule has 0 atom stereocenters. The lowest BCUT2D eigenvalue weighted by molar-refractivity contribution is 0.0769. The molecule has 0 fully saturated rings. The van der Waals surface area contributed by atoms with Crippen molar-refractivity contribution in [2.75, 3.05) is 13.1 Å². The van der Waals surface area contributed by atoms with Crippen LogP contribution in [0.25, 0.3) is 0 Å². The first-order valence-corrected chi connectivity index (χ1v) is 5.81. The second-order valence-corrected chi connectivity index (χ2v) is 4.08. The Balaban J connectivity index is 3.05. The third-order valence-electron chi connectivity index (χ3n) is 2.30. The summed E-state index contributed by atoms with van der Waals surface area (Å²) in [4.78, 5) is 15.2. The lowest BCUT2D eigenvalue weighted by Crippen LogP contribution is -2.30. The van der Waals surface area contributed by atoms with Gasteiger partial charge in [0.05, 0.1) is 5.56 Å². The second-order valence-electron chi connectivity index (χ2n) is 3.15. The summed E-state index contributed by atoms with van der Waals surface area (Å²) in [5.41, 5.74) is 0.620. The SMILES string of the molecule is CCN(CC)C(=O)c1cccc(S)c1S. The number of hydrogen-bond acceptors (Lipinski definition) is 3. The lowest BCUT2D eigenvalue weighted by Gasteiger charge is -2.19. The van der Waals surface area contributed by atoms with Gasteiger partial charge in [0.2, 0.25) is 0 Å². The van der Waals surface area contributed by atoms with Crippen molar-refractivity contribution in [2.45, 2.75) is 23.6 Å². The van der Waals surface area contributed by atoms with Crippen molar-refractivity contribution in [2.24, 2.45) is 0 Å². The van der Waals surface area contributed by atoms with Gasteiger partial charge in [-0.3, -0.25) is 4.79 Å². The summed E-state index contributed by atoms with van der Waals surface area (Å²) in [6.45, 7) is 5.34. The molecule has 1 rings (SSSR count). The van der Waals surface area contributed by atoms with Crippen molar-refractivity contribution in [1.29, 1.82) is 0 Å². The number of benzene rings is 1. The molecule has 1 amide bonds. The van der Waals surface area contributed by atoms with Gasteiger partial charge in [-0.2, -0.15) is 0 Å². The van der Waals surface area contributed by atoms with Gasteiger partial charge in [0.1, 0.15) is 0 Å². The number of thiol groups is 2. The smallest absolute Gasteiger partial charge is 0.255 e. The van der Waals surface area contributed by atoms with E-state index in [9.17, 15) is 4.79 Å². The minimum absolute atomic E-state index is 0.0147. The fourth-order valence-corrected chi connectivity index (χ4v) is 1.84. The van der Waals surface area contributed by atoms with Gasteiger partial charge in [0.25, 0.3) is 5.91 Å². The summed E-state index contributed by atoms with van der Waals surface area (Å²) in [5.74, 6) is 0.0147. The van der Waals surface area contributed by atoms with Crippen molar-refractivity contribution in [3.8, 4) is 0 Å². The minimum Gasteiger partial charge on any atom is -0.339 e. The number of hydrogen-bond donors (Lipinski definition) is 2. The zero-order chi connectivity index (χ0) is 11.4. The Morgan fingerprint density at radius 2 is 1.87 bits per heavy atom. The van der Waals surface area contributed by atoms with Crippen molar-refractivity contribution in [1.82, 2.24) is 4.90 Å². The van der Waals surface area contributed by atoms with Gasteiger partial charge in [-0.25, -0.2) is 0 Å². The lowest BCUT2D eigenvalue weighted by atomic mass is 10.2. The predicted molar refractivity (Wildman–Crippen MR) is 68.2 cm³/mol. The fourth-order valence-electron chi connectivity index (χ4n) is 1.39. The van der Waals surface area contributed by atoms with Crippen LogP contribution < -0.4 is 0 Å². The van der Waals surface area contributed by atoms with Gasteiger partial charge in [-0.1, -0.05) is 6.07 Å². The first-order chi connectivity index (χ1) is 7.11. The van der Waals surface area contributed by atoms with E-state index in [-0.39, 0.29) is 5.91 Å². The normalized spacial score (nSPS) is 10.1. The van der Waals surface area contributed by atoms with Crippen LogP contribution in [0.2, 0.25) is 0 Å². The molecule has 82 valence electrons. The standard InChI is InChI=1S/C11H15NOS2/c1-3-12(4-2)11(13)8-6-5-7-9(14)10(8)15/h5-7,14-15H,3-4H2,1-2H3. The molecule has 0 saturated carbocycles. The highest BCUT2D eigenvalue weighted by Gasteiger charge is 2.15. The van der Waals surface area contributed by atoms with E-state index >= 15 is 0 Å². The zero-order valence-electron chi connectivity index (χ0n) is 8.90. The Morgan fingerprint density at radius 3 is 2.40 bits per heavy atom. The Labute approximate surface area is 101 Å². The van der Waals surface area contributed by atoms with E-state index in [0.29, 0.717) is 23.5 Å². The average Bonchev–Trinajstić information content (AvgIpc) is 2.23. The molecule has 0 N–H and O–H groups in total. The van der Waals surface area contributed by atoms with Gasteiger partial charge in [-0.05, 0) is 26.0 Å². The molecule has 4 heteroatoms. The monoisotopic (exact) mass is 241 g/mol. The highest BCUT2D eigenvalue weighted by atomic mass is 32.1. The molecule has 0 heterocycles. The van der Waals surface area contributed by atoms with E-state index in [1.54, 1.807) is 11.0 Å². The Hall–Kier alpha value is -0.610. The summed E-state index contributed by atoms with van der Waals surface area (Å²) < 4.78 is 0. The van der Waals surface area contributed by atoms with Gasteiger partial charge < -0.3 is 4.90 Å². The van der Waals surface area contributed by atoms with Crippen molar-refractivity contribution in [3.05, 3.63) is 23.8 Å².